The van der Waals surface area contributed by atoms with E-state index in [0.29, 0.717) is 0 Å². The molecule has 0 bridgehead atoms. The average molecular weight is 171 g/mol. The van der Waals surface area contributed by atoms with Crippen LogP contribution in [0.2, 0.25) is 0 Å². The number of rotatable bonds is 1. The SMILES string of the molecule is CCC1CC2CNCCC2S1. The molecule has 64 valence electrons. The van der Waals surface area contributed by atoms with Gasteiger partial charge in [-0.1, -0.05) is 6.92 Å². The standard InChI is InChI=1S/C9H17NS/c1-2-8-5-7-6-10-4-3-9(7)11-8/h7-10H,2-6H2,1H3. The zero-order chi connectivity index (χ0) is 7.68. The van der Waals surface area contributed by atoms with Gasteiger partial charge in [0.05, 0.1) is 0 Å². The number of nitrogens with one attached hydrogen (secondary N) is 1. The Morgan fingerprint density at radius 3 is 3.18 bits per heavy atom. The summed E-state index contributed by atoms with van der Waals surface area (Å²) < 4.78 is 0. The maximum atomic E-state index is 3.49. The molecule has 2 aliphatic heterocycles. The molecule has 0 aliphatic carbocycles. The van der Waals surface area contributed by atoms with E-state index < -0.39 is 0 Å². The molecule has 2 aliphatic rings. The van der Waals surface area contributed by atoms with Crippen LogP contribution in [0.5, 0.6) is 0 Å². The van der Waals surface area contributed by atoms with Gasteiger partial charge in [0, 0.05) is 10.5 Å². The van der Waals surface area contributed by atoms with Gasteiger partial charge in [-0.25, -0.2) is 0 Å². The van der Waals surface area contributed by atoms with Crippen LogP contribution in [-0.2, 0) is 0 Å². The van der Waals surface area contributed by atoms with Gasteiger partial charge in [-0.05, 0) is 38.3 Å². The lowest BCUT2D eigenvalue weighted by atomic mass is 9.94. The van der Waals surface area contributed by atoms with Crippen molar-refractivity contribution in [3.05, 3.63) is 0 Å². The Balaban J connectivity index is 1.92. The summed E-state index contributed by atoms with van der Waals surface area (Å²) in [6, 6.07) is 0. The van der Waals surface area contributed by atoms with Crippen molar-refractivity contribution in [3.8, 4) is 0 Å². The van der Waals surface area contributed by atoms with Crippen molar-refractivity contribution < 1.29 is 0 Å². The fourth-order valence-electron chi connectivity index (χ4n) is 2.22. The van der Waals surface area contributed by atoms with Gasteiger partial charge in [-0.2, -0.15) is 11.8 Å². The lowest BCUT2D eigenvalue weighted by molar-refractivity contribution is 0.385. The zero-order valence-corrected chi connectivity index (χ0v) is 7.99. The van der Waals surface area contributed by atoms with Crippen LogP contribution in [0.3, 0.4) is 0 Å². The van der Waals surface area contributed by atoms with Crippen molar-refractivity contribution in [1.82, 2.24) is 5.32 Å². The Bertz CT molecular complexity index is 124. The molecule has 1 nitrogen and oxygen atoms in total. The molecule has 2 rings (SSSR count). The van der Waals surface area contributed by atoms with Crippen molar-refractivity contribution >= 4 is 11.8 Å². The van der Waals surface area contributed by atoms with Gasteiger partial charge in [0.2, 0.25) is 0 Å². The summed E-state index contributed by atoms with van der Waals surface area (Å²) in [5.41, 5.74) is 0. The normalized spacial score (nSPS) is 43.9. The van der Waals surface area contributed by atoms with Crippen LogP contribution >= 0.6 is 11.8 Å². The lowest BCUT2D eigenvalue weighted by Crippen LogP contribution is -2.35. The molecule has 0 saturated carbocycles. The van der Waals surface area contributed by atoms with Crippen molar-refractivity contribution in [2.24, 2.45) is 5.92 Å². The Morgan fingerprint density at radius 1 is 1.55 bits per heavy atom. The van der Waals surface area contributed by atoms with E-state index in [1.807, 2.05) is 0 Å². The van der Waals surface area contributed by atoms with E-state index in [-0.39, 0.29) is 0 Å². The first kappa shape index (κ1) is 7.93. The monoisotopic (exact) mass is 171 g/mol. The summed E-state index contributed by atoms with van der Waals surface area (Å²) in [4.78, 5) is 0. The number of fused-ring (bicyclic) bond motifs is 1. The van der Waals surface area contributed by atoms with E-state index in [9.17, 15) is 0 Å². The smallest absolute Gasteiger partial charge is 0.0103 e. The minimum Gasteiger partial charge on any atom is -0.316 e. The largest absolute Gasteiger partial charge is 0.316 e. The molecule has 2 saturated heterocycles. The highest BCUT2D eigenvalue weighted by atomic mass is 32.2. The number of thioether (sulfide) groups is 1. The molecule has 0 spiro atoms. The van der Waals surface area contributed by atoms with E-state index in [1.165, 1.54) is 32.4 Å². The summed E-state index contributed by atoms with van der Waals surface area (Å²) in [7, 11) is 0. The van der Waals surface area contributed by atoms with Crippen LogP contribution < -0.4 is 5.32 Å². The minimum atomic E-state index is 0.977. The summed E-state index contributed by atoms with van der Waals surface area (Å²) in [5, 5.41) is 5.47. The molecule has 0 aromatic heterocycles. The first-order chi connectivity index (χ1) is 5.40. The van der Waals surface area contributed by atoms with Crippen molar-refractivity contribution in [1.29, 1.82) is 0 Å². The highest BCUT2D eigenvalue weighted by Gasteiger charge is 2.35. The first-order valence-electron chi connectivity index (χ1n) is 4.76. The van der Waals surface area contributed by atoms with Crippen LogP contribution in [-0.4, -0.2) is 23.6 Å². The second-order valence-corrected chi connectivity index (χ2v) is 5.24. The molecule has 0 aromatic rings. The van der Waals surface area contributed by atoms with E-state index in [0.717, 1.165) is 16.4 Å². The predicted molar refractivity (Wildman–Crippen MR) is 51.1 cm³/mol. The molecule has 0 aromatic carbocycles. The van der Waals surface area contributed by atoms with Gasteiger partial charge in [0.1, 0.15) is 0 Å². The third kappa shape index (κ3) is 1.57. The van der Waals surface area contributed by atoms with Gasteiger partial charge in [0.15, 0.2) is 0 Å². The Hall–Kier alpha value is 0.310. The fraction of sp³-hybridized carbons (Fsp3) is 1.00. The molecule has 3 atom stereocenters. The van der Waals surface area contributed by atoms with Crippen LogP contribution in [0.25, 0.3) is 0 Å². The van der Waals surface area contributed by atoms with Gasteiger partial charge in [0.25, 0.3) is 0 Å². The minimum absolute atomic E-state index is 0.977. The second-order valence-electron chi connectivity index (χ2n) is 3.69. The number of hydrogen-bond acceptors (Lipinski definition) is 2. The van der Waals surface area contributed by atoms with Crippen molar-refractivity contribution in [2.45, 2.75) is 36.7 Å². The fourth-order valence-corrected chi connectivity index (χ4v) is 3.95. The Kier molecular flexibility index (Phi) is 2.42. The number of piperidine rings is 1. The van der Waals surface area contributed by atoms with E-state index >= 15 is 0 Å². The van der Waals surface area contributed by atoms with Crippen LogP contribution in [0.15, 0.2) is 0 Å². The highest BCUT2D eigenvalue weighted by Crippen LogP contribution is 2.42. The predicted octanol–water partition coefficient (Wildman–Crippen LogP) is 1.88. The summed E-state index contributed by atoms with van der Waals surface area (Å²) in [6.07, 6.45) is 4.25. The highest BCUT2D eigenvalue weighted by molar-refractivity contribution is 8.00. The quantitative estimate of drug-likeness (QED) is 0.646. The van der Waals surface area contributed by atoms with Crippen molar-refractivity contribution in [3.63, 3.8) is 0 Å². The molecule has 11 heavy (non-hydrogen) atoms. The topological polar surface area (TPSA) is 12.0 Å². The van der Waals surface area contributed by atoms with Gasteiger partial charge in [-0.3, -0.25) is 0 Å². The van der Waals surface area contributed by atoms with Crippen LogP contribution in [0.1, 0.15) is 26.2 Å². The average Bonchev–Trinajstić information content (AvgIpc) is 2.46. The van der Waals surface area contributed by atoms with Gasteiger partial charge >= 0.3 is 0 Å². The molecule has 2 fully saturated rings. The Morgan fingerprint density at radius 2 is 2.45 bits per heavy atom. The van der Waals surface area contributed by atoms with Gasteiger partial charge < -0.3 is 5.32 Å². The maximum Gasteiger partial charge on any atom is 0.0103 e. The molecule has 0 radical (unpaired) electrons. The number of hydrogen-bond donors (Lipinski definition) is 1. The van der Waals surface area contributed by atoms with E-state index in [1.54, 1.807) is 0 Å². The molecule has 2 heteroatoms. The first-order valence-corrected chi connectivity index (χ1v) is 5.70. The van der Waals surface area contributed by atoms with E-state index in [4.69, 9.17) is 0 Å². The van der Waals surface area contributed by atoms with E-state index in [2.05, 4.69) is 24.0 Å². The molecule has 0 amide bonds. The Labute approximate surface area is 73.3 Å². The molecule has 1 N–H and O–H groups in total. The van der Waals surface area contributed by atoms with Crippen LogP contribution in [0.4, 0.5) is 0 Å². The third-order valence-electron chi connectivity index (χ3n) is 2.93. The molecular formula is C9H17NS. The van der Waals surface area contributed by atoms with Crippen LogP contribution in [0, 0.1) is 5.92 Å². The summed E-state index contributed by atoms with van der Waals surface area (Å²) >= 11 is 2.25. The molecule has 3 unspecified atom stereocenters. The molecular weight excluding hydrogens is 154 g/mol. The third-order valence-corrected chi connectivity index (χ3v) is 4.81. The zero-order valence-electron chi connectivity index (χ0n) is 7.18. The van der Waals surface area contributed by atoms with Crippen molar-refractivity contribution in [2.75, 3.05) is 13.1 Å². The summed E-state index contributed by atoms with van der Waals surface area (Å²) in [5.74, 6) is 0.999. The lowest BCUT2D eigenvalue weighted by Gasteiger charge is -2.24. The summed E-state index contributed by atoms with van der Waals surface area (Å²) in [6.45, 7) is 4.86. The maximum absolute atomic E-state index is 3.49. The van der Waals surface area contributed by atoms with Gasteiger partial charge in [-0.15, -0.1) is 0 Å². The second kappa shape index (κ2) is 3.36. The molecule has 2 heterocycles.